The molecule has 2 N–H and O–H groups in total. The first-order valence-electron chi connectivity index (χ1n) is 7.29. The Labute approximate surface area is 124 Å². The van der Waals surface area contributed by atoms with Crippen molar-refractivity contribution in [2.45, 2.75) is 33.1 Å². The lowest BCUT2D eigenvalue weighted by atomic mass is 9.99. The van der Waals surface area contributed by atoms with E-state index in [-0.39, 0.29) is 5.91 Å². The number of amides is 1. The van der Waals surface area contributed by atoms with E-state index in [9.17, 15) is 4.79 Å². The van der Waals surface area contributed by atoms with Crippen molar-refractivity contribution in [3.63, 3.8) is 0 Å². The SMILES string of the molecule is CCCN(C)c1nc(N)c(C(=O)N2CCC(C)CC2)s1. The molecule has 1 aliphatic rings. The Balaban J connectivity index is 2.10. The molecular formula is C14H24N4OS. The summed E-state index contributed by atoms with van der Waals surface area (Å²) in [7, 11) is 1.98. The van der Waals surface area contributed by atoms with E-state index in [0.717, 1.165) is 44.0 Å². The van der Waals surface area contributed by atoms with Crippen LogP contribution in [0.4, 0.5) is 10.9 Å². The summed E-state index contributed by atoms with van der Waals surface area (Å²) in [4.78, 5) is 21.4. The molecule has 1 aromatic heterocycles. The van der Waals surface area contributed by atoms with E-state index >= 15 is 0 Å². The van der Waals surface area contributed by atoms with Gasteiger partial charge < -0.3 is 15.5 Å². The maximum atomic E-state index is 12.5. The number of hydrogen-bond acceptors (Lipinski definition) is 5. The topological polar surface area (TPSA) is 62.5 Å². The van der Waals surface area contributed by atoms with Crippen LogP contribution in [-0.4, -0.2) is 42.5 Å². The Morgan fingerprint density at radius 1 is 1.50 bits per heavy atom. The number of nitrogen functional groups attached to an aromatic ring is 1. The molecule has 5 nitrogen and oxygen atoms in total. The van der Waals surface area contributed by atoms with Crippen molar-refractivity contribution < 1.29 is 4.79 Å². The highest BCUT2D eigenvalue weighted by Gasteiger charge is 2.25. The number of nitrogens with two attached hydrogens (primary N) is 1. The van der Waals surface area contributed by atoms with Crippen molar-refractivity contribution in [1.29, 1.82) is 0 Å². The van der Waals surface area contributed by atoms with Gasteiger partial charge in [-0.1, -0.05) is 25.2 Å². The summed E-state index contributed by atoms with van der Waals surface area (Å²) in [5, 5.41) is 0.832. The van der Waals surface area contributed by atoms with Gasteiger partial charge in [0, 0.05) is 26.7 Å². The summed E-state index contributed by atoms with van der Waals surface area (Å²) < 4.78 is 0. The molecule has 2 rings (SSSR count). The second kappa shape index (κ2) is 6.43. The largest absolute Gasteiger partial charge is 0.382 e. The minimum atomic E-state index is 0.0445. The minimum absolute atomic E-state index is 0.0445. The molecule has 0 atom stereocenters. The fourth-order valence-corrected chi connectivity index (χ4v) is 3.36. The van der Waals surface area contributed by atoms with Crippen molar-refractivity contribution >= 4 is 28.2 Å². The van der Waals surface area contributed by atoms with Gasteiger partial charge in [0.1, 0.15) is 10.7 Å². The van der Waals surface area contributed by atoms with Crippen LogP contribution < -0.4 is 10.6 Å². The number of likely N-dealkylation sites (tertiary alicyclic amines) is 1. The van der Waals surface area contributed by atoms with Gasteiger partial charge in [-0.3, -0.25) is 4.79 Å². The molecule has 1 saturated heterocycles. The van der Waals surface area contributed by atoms with Crippen molar-refractivity contribution in [2.24, 2.45) is 5.92 Å². The third-order valence-corrected chi connectivity index (χ3v) is 4.97. The lowest BCUT2D eigenvalue weighted by molar-refractivity contribution is 0.0703. The first-order valence-corrected chi connectivity index (χ1v) is 8.11. The maximum absolute atomic E-state index is 12.5. The molecule has 1 amide bonds. The number of hydrogen-bond donors (Lipinski definition) is 1. The highest BCUT2D eigenvalue weighted by atomic mass is 32.1. The summed E-state index contributed by atoms with van der Waals surface area (Å²) >= 11 is 1.41. The van der Waals surface area contributed by atoms with E-state index in [1.165, 1.54) is 11.3 Å². The molecule has 0 aromatic carbocycles. The molecule has 1 fully saturated rings. The number of carbonyl (C=O) groups is 1. The molecule has 1 aromatic rings. The van der Waals surface area contributed by atoms with Gasteiger partial charge in [-0.15, -0.1) is 0 Å². The quantitative estimate of drug-likeness (QED) is 0.927. The molecule has 0 radical (unpaired) electrons. The molecule has 0 aliphatic carbocycles. The Hall–Kier alpha value is -1.30. The van der Waals surface area contributed by atoms with Crippen LogP contribution in [-0.2, 0) is 0 Å². The number of thiazole rings is 1. The van der Waals surface area contributed by atoms with Crippen LogP contribution in [0.2, 0.25) is 0 Å². The fourth-order valence-electron chi connectivity index (χ4n) is 2.42. The Morgan fingerprint density at radius 3 is 2.75 bits per heavy atom. The molecule has 112 valence electrons. The van der Waals surface area contributed by atoms with Crippen LogP contribution in [0.15, 0.2) is 0 Å². The van der Waals surface area contributed by atoms with Crippen LogP contribution >= 0.6 is 11.3 Å². The smallest absolute Gasteiger partial charge is 0.267 e. The van der Waals surface area contributed by atoms with Gasteiger partial charge in [0.25, 0.3) is 5.91 Å². The van der Waals surface area contributed by atoms with E-state index in [4.69, 9.17) is 5.73 Å². The molecule has 0 unspecified atom stereocenters. The lowest BCUT2D eigenvalue weighted by Gasteiger charge is -2.29. The zero-order chi connectivity index (χ0) is 14.7. The number of piperidine rings is 1. The van der Waals surface area contributed by atoms with Gasteiger partial charge >= 0.3 is 0 Å². The average Bonchev–Trinajstić information content (AvgIpc) is 2.81. The molecule has 2 heterocycles. The number of anilines is 2. The zero-order valence-corrected chi connectivity index (χ0v) is 13.4. The number of rotatable bonds is 4. The minimum Gasteiger partial charge on any atom is -0.382 e. The zero-order valence-electron chi connectivity index (χ0n) is 12.6. The summed E-state index contributed by atoms with van der Waals surface area (Å²) in [6.07, 6.45) is 3.20. The maximum Gasteiger partial charge on any atom is 0.267 e. The van der Waals surface area contributed by atoms with Crippen molar-refractivity contribution in [1.82, 2.24) is 9.88 Å². The van der Waals surface area contributed by atoms with Crippen LogP contribution in [0.1, 0.15) is 42.8 Å². The Bertz CT molecular complexity index is 466. The first kappa shape index (κ1) is 15.1. The number of aromatic nitrogens is 1. The van der Waals surface area contributed by atoms with Gasteiger partial charge in [-0.25, -0.2) is 4.98 Å². The number of carbonyl (C=O) groups excluding carboxylic acids is 1. The third-order valence-electron chi connectivity index (χ3n) is 3.79. The first-order chi connectivity index (χ1) is 9.52. The summed E-state index contributed by atoms with van der Waals surface area (Å²) in [6.45, 7) is 6.94. The van der Waals surface area contributed by atoms with Gasteiger partial charge in [-0.05, 0) is 25.2 Å². The van der Waals surface area contributed by atoms with Gasteiger partial charge in [0.05, 0.1) is 0 Å². The fraction of sp³-hybridized carbons (Fsp3) is 0.714. The second-order valence-corrected chi connectivity index (χ2v) is 6.58. The normalized spacial score (nSPS) is 16.4. The molecule has 6 heteroatoms. The van der Waals surface area contributed by atoms with E-state index in [1.807, 2.05) is 11.9 Å². The highest BCUT2D eigenvalue weighted by molar-refractivity contribution is 7.18. The molecule has 0 spiro atoms. The molecule has 20 heavy (non-hydrogen) atoms. The summed E-state index contributed by atoms with van der Waals surface area (Å²) in [6, 6.07) is 0. The third kappa shape index (κ3) is 3.23. The van der Waals surface area contributed by atoms with Crippen LogP contribution in [0.5, 0.6) is 0 Å². The number of nitrogens with zero attached hydrogens (tertiary/aromatic N) is 3. The Morgan fingerprint density at radius 2 is 2.15 bits per heavy atom. The van der Waals surface area contributed by atoms with Gasteiger partial charge in [-0.2, -0.15) is 0 Å². The average molecular weight is 296 g/mol. The standard InChI is InChI=1S/C14H24N4OS/c1-4-7-17(3)14-16-12(15)11(20-14)13(19)18-8-5-10(2)6-9-18/h10H,4-9,15H2,1-3H3. The van der Waals surface area contributed by atoms with Gasteiger partial charge in [0.2, 0.25) is 0 Å². The molecule has 0 saturated carbocycles. The molecule has 0 bridgehead atoms. The predicted octanol–water partition coefficient (Wildman–Crippen LogP) is 2.44. The van der Waals surface area contributed by atoms with E-state index in [0.29, 0.717) is 16.6 Å². The van der Waals surface area contributed by atoms with Gasteiger partial charge in [0.15, 0.2) is 5.13 Å². The second-order valence-electron chi connectivity index (χ2n) is 5.61. The summed E-state index contributed by atoms with van der Waals surface area (Å²) in [5.74, 6) is 1.13. The monoisotopic (exact) mass is 296 g/mol. The van der Waals surface area contributed by atoms with Crippen molar-refractivity contribution in [3.05, 3.63) is 4.88 Å². The van der Waals surface area contributed by atoms with E-state index < -0.39 is 0 Å². The van der Waals surface area contributed by atoms with Crippen LogP contribution in [0, 0.1) is 5.92 Å². The highest BCUT2D eigenvalue weighted by Crippen LogP contribution is 2.29. The lowest BCUT2D eigenvalue weighted by Crippen LogP contribution is -2.37. The predicted molar refractivity (Wildman–Crippen MR) is 84.4 cm³/mol. The molecular weight excluding hydrogens is 272 g/mol. The summed E-state index contributed by atoms with van der Waals surface area (Å²) in [5.41, 5.74) is 5.94. The van der Waals surface area contributed by atoms with Crippen molar-refractivity contribution in [3.8, 4) is 0 Å². The molecule has 1 aliphatic heterocycles. The van der Waals surface area contributed by atoms with Crippen LogP contribution in [0.25, 0.3) is 0 Å². The van der Waals surface area contributed by atoms with E-state index in [2.05, 4.69) is 23.7 Å². The van der Waals surface area contributed by atoms with E-state index in [1.54, 1.807) is 0 Å². The Kier molecular flexibility index (Phi) is 4.86. The van der Waals surface area contributed by atoms with Crippen LogP contribution in [0.3, 0.4) is 0 Å². The van der Waals surface area contributed by atoms with Crippen molar-refractivity contribution in [2.75, 3.05) is 37.3 Å².